The number of nitrogens with zero attached hydrogens (tertiary/aromatic N) is 2. The summed E-state index contributed by atoms with van der Waals surface area (Å²) in [5.41, 5.74) is 0.907. The number of carbonyl (C=O) groups is 1. The average molecular weight is 408 g/mol. The maximum Gasteiger partial charge on any atom is 0.286 e. The van der Waals surface area contributed by atoms with Crippen molar-refractivity contribution in [2.24, 2.45) is 0 Å². The van der Waals surface area contributed by atoms with Crippen molar-refractivity contribution in [1.29, 1.82) is 0 Å². The van der Waals surface area contributed by atoms with Crippen molar-refractivity contribution in [2.45, 2.75) is 6.92 Å². The molecule has 10 heteroatoms. The number of nitro groups is 1. The lowest BCUT2D eigenvalue weighted by atomic mass is 10.1. The summed E-state index contributed by atoms with van der Waals surface area (Å²) in [6.07, 6.45) is 0. The Hall–Kier alpha value is -2.91. The number of aromatic nitrogens is 1. The summed E-state index contributed by atoms with van der Waals surface area (Å²) in [6, 6.07) is 5.97. The number of fused-ring (bicyclic) bond motifs is 1. The fourth-order valence-electron chi connectivity index (χ4n) is 2.52. The Morgan fingerprint density at radius 1 is 1.26 bits per heavy atom. The summed E-state index contributed by atoms with van der Waals surface area (Å²) in [4.78, 5) is 27.7. The second kappa shape index (κ2) is 7.37. The third-order valence-corrected chi connectivity index (χ3v) is 5.26. The average Bonchev–Trinajstić information content (AvgIpc) is 3.06. The van der Waals surface area contributed by atoms with Crippen LogP contribution in [0.4, 0.5) is 10.8 Å². The molecule has 2 aromatic carbocycles. The molecule has 0 saturated heterocycles. The van der Waals surface area contributed by atoms with Gasteiger partial charge in [0, 0.05) is 11.1 Å². The van der Waals surface area contributed by atoms with E-state index in [-0.39, 0.29) is 17.1 Å². The Labute approximate surface area is 162 Å². The monoisotopic (exact) mass is 407 g/mol. The van der Waals surface area contributed by atoms with Gasteiger partial charge in [-0.15, -0.1) is 0 Å². The number of aryl methyl sites for hydroxylation is 1. The highest BCUT2D eigenvalue weighted by molar-refractivity contribution is 7.22. The van der Waals surface area contributed by atoms with Gasteiger partial charge in [-0.05, 0) is 24.6 Å². The van der Waals surface area contributed by atoms with Crippen LogP contribution in [0.15, 0.2) is 24.3 Å². The molecule has 0 spiro atoms. The molecular formula is C17H14ClN3O5S. The van der Waals surface area contributed by atoms with Gasteiger partial charge in [0.25, 0.3) is 11.6 Å². The zero-order valence-corrected chi connectivity index (χ0v) is 16.1. The molecular weight excluding hydrogens is 394 g/mol. The first kappa shape index (κ1) is 18.9. The highest BCUT2D eigenvalue weighted by Crippen LogP contribution is 2.36. The molecule has 3 aromatic rings. The first-order chi connectivity index (χ1) is 12.8. The van der Waals surface area contributed by atoms with Crippen LogP contribution >= 0.6 is 22.9 Å². The Balaban J connectivity index is 2.01. The molecule has 0 aliphatic heterocycles. The van der Waals surface area contributed by atoms with Crippen LogP contribution in [0.25, 0.3) is 10.2 Å². The van der Waals surface area contributed by atoms with E-state index in [4.69, 9.17) is 21.1 Å². The lowest BCUT2D eigenvalue weighted by Gasteiger charge is -2.10. The van der Waals surface area contributed by atoms with Gasteiger partial charge in [0.1, 0.15) is 5.56 Å². The fourth-order valence-corrected chi connectivity index (χ4v) is 3.59. The van der Waals surface area contributed by atoms with Gasteiger partial charge in [0.2, 0.25) is 0 Å². The molecule has 0 aliphatic rings. The first-order valence-electron chi connectivity index (χ1n) is 7.63. The van der Waals surface area contributed by atoms with Crippen molar-refractivity contribution in [3.05, 3.63) is 50.5 Å². The predicted molar refractivity (Wildman–Crippen MR) is 104 cm³/mol. The molecule has 27 heavy (non-hydrogen) atoms. The predicted octanol–water partition coefficient (Wildman–Crippen LogP) is 4.44. The Morgan fingerprint density at radius 3 is 2.56 bits per heavy atom. The van der Waals surface area contributed by atoms with Crippen molar-refractivity contribution in [3.63, 3.8) is 0 Å². The van der Waals surface area contributed by atoms with Gasteiger partial charge >= 0.3 is 0 Å². The van der Waals surface area contributed by atoms with E-state index in [0.717, 1.165) is 16.3 Å². The summed E-state index contributed by atoms with van der Waals surface area (Å²) in [6.45, 7) is 1.83. The van der Waals surface area contributed by atoms with Gasteiger partial charge in [-0.3, -0.25) is 20.2 Å². The smallest absolute Gasteiger partial charge is 0.286 e. The number of nitro benzene ring substituents is 1. The zero-order valence-electron chi connectivity index (χ0n) is 14.5. The largest absolute Gasteiger partial charge is 0.493 e. The summed E-state index contributed by atoms with van der Waals surface area (Å²) in [7, 11) is 2.74. The van der Waals surface area contributed by atoms with Crippen molar-refractivity contribution >= 4 is 49.9 Å². The molecule has 0 radical (unpaired) electrons. The molecule has 1 aromatic heterocycles. The van der Waals surface area contributed by atoms with Crippen molar-refractivity contribution in [3.8, 4) is 11.5 Å². The molecule has 0 unspecified atom stereocenters. The van der Waals surface area contributed by atoms with Gasteiger partial charge in [-0.2, -0.15) is 0 Å². The van der Waals surface area contributed by atoms with Crippen LogP contribution in [0.5, 0.6) is 11.5 Å². The number of hydrogen-bond donors (Lipinski definition) is 1. The zero-order chi connectivity index (χ0) is 19.7. The fraction of sp³-hybridized carbons (Fsp3) is 0.176. The normalized spacial score (nSPS) is 10.7. The topological polar surface area (TPSA) is 104 Å². The summed E-state index contributed by atoms with van der Waals surface area (Å²) in [5, 5.41) is 14.9. The standard InChI is InChI=1S/C17H14ClN3O5S/c1-8-10(18)4-5-14-15(8)19-17(27-14)20-16(22)9-6-12(25-2)13(26-3)7-11(9)21(23)24/h4-7H,1-3H3,(H,19,20,22). The molecule has 8 nitrogen and oxygen atoms in total. The van der Waals surface area contributed by atoms with E-state index in [0.29, 0.717) is 15.7 Å². The summed E-state index contributed by atoms with van der Waals surface area (Å²) < 4.78 is 11.0. The van der Waals surface area contributed by atoms with E-state index in [1.165, 1.54) is 31.6 Å². The van der Waals surface area contributed by atoms with Crippen LogP contribution in [0.3, 0.4) is 0 Å². The second-order valence-corrected chi connectivity index (χ2v) is 6.91. The van der Waals surface area contributed by atoms with Crippen LogP contribution in [-0.4, -0.2) is 30.0 Å². The highest BCUT2D eigenvalue weighted by Gasteiger charge is 2.25. The number of rotatable bonds is 5. The van der Waals surface area contributed by atoms with Crippen molar-refractivity contribution < 1.29 is 19.2 Å². The van der Waals surface area contributed by atoms with Crippen LogP contribution in [0.2, 0.25) is 5.02 Å². The van der Waals surface area contributed by atoms with Crippen LogP contribution < -0.4 is 14.8 Å². The quantitative estimate of drug-likeness (QED) is 0.495. The number of nitrogens with one attached hydrogen (secondary N) is 1. The number of thiazole rings is 1. The molecule has 1 N–H and O–H groups in total. The molecule has 1 amide bonds. The summed E-state index contributed by atoms with van der Waals surface area (Å²) in [5.74, 6) is -0.309. The molecule has 1 heterocycles. The van der Waals surface area contributed by atoms with Gasteiger partial charge in [0.05, 0.1) is 35.4 Å². The number of ether oxygens (including phenoxy) is 2. The highest BCUT2D eigenvalue weighted by atomic mass is 35.5. The van der Waals surface area contributed by atoms with Crippen LogP contribution in [-0.2, 0) is 0 Å². The number of anilines is 1. The number of halogens is 1. The van der Waals surface area contributed by atoms with E-state index < -0.39 is 16.5 Å². The Morgan fingerprint density at radius 2 is 1.93 bits per heavy atom. The van der Waals surface area contributed by atoms with E-state index in [1.807, 2.05) is 6.92 Å². The summed E-state index contributed by atoms with van der Waals surface area (Å²) >= 11 is 7.34. The molecule has 140 valence electrons. The molecule has 0 aliphatic carbocycles. The minimum atomic E-state index is -0.676. The SMILES string of the molecule is COc1cc(C(=O)Nc2nc3c(C)c(Cl)ccc3s2)c([N+](=O)[O-])cc1OC. The minimum Gasteiger partial charge on any atom is -0.493 e. The third-order valence-electron chi connectivity index (χ3n) is 3.91. The van der Waals surface area contributed by atoms with E-state index in [9.17, 15) is 14.9 Å². The number of carbonyl (C=O) groups excluding carboxylic acids is 1. The van der Waals surface area contributed by atoms with Crippen molar-refractivity contribution in [2.75, 3.05) is 19.5 Å². The van der Waals surface area contributed by atoms with Gasteiger partial charge in [-0.25, -0.2) is 4.98 Å². The maximum absolute atomic E-state index is 12.7. The minimum absolute atomic E-state index is 0.158. The Kier molecular flexibility index (Phi) is 5.15. The molecule has 0 fully saturated rings. The lowest BCUT2D eigenvalue weighted by molar-refractivity contribution is -0.385. The van der Waals surface area contributed by atoms with E-state index in [1.54, 1.807) is 12.1 Å². The third kappa shape index (κ3) is 3.51. The van der Waals surface area contributed by atoms with Gasteiger partial charge in [-0.1, -0.05) is 22.9 Å². The molecule has 0 atom stereocenters. The van der Waals surface area contributed by atoms with Gasteiger partial charge < -0.3 is 9.47 Å². The van der Waals surface area contributed by atoms with Crippen LogP contribution in [0, 0.1) is 17.0 Å². The van der Waals surface area contributed by atoms with E-state index in [2.05, 4.69) is 10.3 Å². The maximum atomic E-state index is 12.7. The lowest BCUT2D eigenvalue weighted by Crippen LogP contribution is -2.14. The second-order valence-electron chi connectivity index (χ2n) is 5.47. The van der Waals surface area contributed by atoms with Gasteiger partial charge in [0.15, 0.2) is 16.6 Å². The molecule has 0 saturated carbocycles. The number of hydrogen-bond acceptors (Lipinski definition) is 7. The first-order valence-corrected chi connectivity index (χ1v) is 8.82. The molecule has 3 rings (SSSR count). The van der Waals surface area contributed by atoms with E-state index >= 15 is 0 Å². The number of benzene rings is 2. The Bertz CT molecular complexity index is 1070. The molecule has 0 bridgehead atoms. The van der Waals surface area contributed by atoms with Crippen molar-refractivity contribution in [1.82, 2.24) is 4.98 Å². The van der Waals surface area contributed by atoms with Crippen LogP contribution in [0.1, 0.15) is 15.9 Å². The number of methoxy groups -OCH3 is 2. The number of amides is 1.